The van der Waals surface area contributed by atoms with Crippen molar-refractivity contribution in [1.29, 1.82) is 0 Å². The van der Waals surface area contributed by atoms with Crippen molar-refractivity contribution in [1.82, 2.24) is 15.8 Å². The molecule has 2 aromatic rings. The Bertz CT molecular complexity index is 812. The quantitative estimate of drug-likeness (QED) is 0.765. The van der Waals surface area contributed by atoms with E-state index in [9.17, 15) is 9.18 Å². The number of halogens is 1. The average molecular weight is 369 g/mol. The van der Waals surface area contributed by atoms with Gasteiger partial charge >= 0.3 is 0 Å². The van der Waals surface area contributed by atoms with Gasteiger partial charge in [0, 0.05) is 37.8 Å². The molecule has 2 fully saturated rings. The van der Waals surface area contributed by atoms with Crippen LogP contribution in [0.5, 0.6) is 0 Å². The van der Waals surface area contributed by atoms with Crippen molar-refractivity contribution < 1.29 is 9.18 Å². The second-order valence-corrected chi connectivity index (χ2v) is 7.30. The molecule has 1 amide bonds. The van der Waals surface area contributed by atoms with Crippen molar-refractivity contribution in [3.05, 3.63) is 59.5 Å². The molecular formula is C20H24FN5O. The fourth-order valence-corrected chi connectivity index (χ4v) is 4.33. The molecule has 0 spiro atoms. The predicted octanol–water partition coefficient (Wildman–Crippen LogP) is 1.80. The normalized spacial score (nSPS) is 25.5. The van der Waals surface area contributed by atoms with Crippen LogP contribution in [0.15, 0.2) is 42.6 Å². The first-order chi connectivity index (χ1) is 13.1. The molecule has 2 saturated heterocycles. The van der Waals surface area contributed by atoms with E-state index in [1.807, 2.05) is 12.1 Å². The fraction of sp³-hybridized carbons (Fsp3) is 0.400. The lowest BCUT2D eigenvalue weighted by atomic mass is 9.81. The van der Waals surface area contributed by atoms with Crippen molar-refractivity contribution in [3.8, 4) is 0 Å². The number of nitrogens with one attached hydrogen (secondary N) is 2. The van der Waals surface area contributed by atoms with Crippen molar-refractivity contribution >= 4 is 11.7 Å². The number of nitrogens with zero attached hydrogens (tertiary/aromatic N) is 2. The Balaban J connectivity index is 1.54. The first-order valence-electron chi connectivity index (χ1n) is 9.37. The van der Waals surface area contributed by atoms with Crippen LogP contribution in [0.2, 0.25) is 0 Å². The number of rotatable bonds is 4. The molecule has 3 unspecified atom stereocenters. The molecule has 0 aliphatic carbocycles. The van der Waals surface area contributed by atoms with Crippen LogP contribution in [-0.2, 0) is 0 Å². The van der Waals surface area contributed by atoms with Crippen LogP contribution in [-0.4, -0.2) is 36.6 Å². The van der Waals surface area contributed by atoms with Crippen LogP contribution in [0.3, 0.4) is 0 Å². The predicted molar refractivity (Wildman–Crippen MR) is 102 cm³/mol. The van der Waals surface area contributed by atoms with Crippen LogP contribution < -0.4 is 21.5 Å². The highest BCUT2D eigenvalue weighted by atomic mass is 19.1. The molecule has 0 radical (unpaired) electrons. The summed E-state index contributed by atoms with van der Waals surface area (Å²) in [5, 5.41) is 0. The van der Waals surface area contributed by atoms with Gasteiger partial charge in [0.25, 0.3) is 5.91 Å². The number of pyridine rings is 1. The Hall–Kier alpha value is -2.51. The first-order valence-corrected chi connectivity index (χ1v) is 9.37. The van der Waals surface area contributed by atoms with Crippen LogP contribution in [0.1, 0.15) is 34.7 Å². The molecule has 142 valence electrons. The number of hydrogen-bond acceptors (Lipinski definition) is 5. The zero-order chi connectivity index (χ0) is 18.8. The highest BCUT2D eigenvalue weighted by molar-refractivity contribution is 5.97. The number of aromatic nitrogens is 1. The summed E-state index contributed by atoms with van der Waals surface area (Å²) < 4.78 is 13.3. The number of carbonyl (C=O) groups excluding carboxylic acids is 1. The molecule has 7 heteroatoms. The molecular weight excluding hydrogens is 345 g/mol. The third kappa shape index (κ3) is 3.65. The van der Waals surface area contributed by atoms with Gasteiger partial charge in [-0.2, -0.15) is 0 Å². The van der Waals surface area contributed by atoms with Gasteiger partial charge in [-0.3, -0.25) is 15.6 Å². The summed E-state index contributed by atoms with van der Waals surface area (Å²) in [6, 6.07) is 10.5. The fourth-order valence-electron chi connectivity index (χ4n) is 4.33. The topological polar surface area (TPSA) is 83.3 Å². The van der Waals surface area contributed by atoms with Gasteiger partial charge in [0.2, 0.25) is 0 Å². The number of nitrogens with two attached hydrogens (primary N) is 1. The maximum atomic E-state index is 13.3. The molecule has 1 aromatic carbocycles. The summed E-state index contributed by atoms with van der Waals surface area (Å²) in [5.41, 5.74) is 13.8. The average Bonchev–Trinajstić information content (AvgIpc) is 3.18. The summed E-state index contributed by atoms with van der Waals surface area (Å²) in [7, 11) is 0. The van der Waals surface area contributed by atoms with E-state index in [0.717, 1.165) is 38.0 Å². The number of amides is 1. The van der Waals surface area contributed by atoms with Crippen LogP contribution in [0.25, 0.3) is 0 Å². The van der Waals surface area contributed by atoms with E-state index >= 15 is 0 Å². The van der Waals surface area contributed by atoms with Crippen LogP contribution in [0, 0.1) is 11.7 Å². The van der Waals surface area contributed by atoms with E-state index in [0.29, 0.717) is 17.3 Å². The third-order valence-corrected chi connectivity index (χ3v) is 5.64. The monoisotopic (exact) mass is 369 g/mol. The van der Waals surface area contributed by atoms with Gasteiger partial charge in [-0.05, 0) is 48.6 Å². The highest BCUT2D eigenvalue weighted by Gasteiger charge is 2.37. The van der Waals surface area contributed by atoms with Gasteiger partial charge in [-0.15, -0.1) is 0 Å². The van der Waals surface area contributed by atoms with Crippen molar-refractivity contribution in [3.63, 3.8) is 0 Å². The number of hydrogen-bond donors (Lipinski definition) is 3. The molecule has 2 aliphatic heterocycles. The largest absolute Gasteiger partial charge is 0.365 e. The SMILES string of the molecule is NC(=O)c1cccnc1N1CCCC(C2NNCC2c2ccc(F)cc2)C1. The van der Waals surface area contributed by atoms with Gasteiger partial charge in [-0.25, -0.2) is 9.37 Å². The molecule has 6 nitrogen and oxygen atoms in total. The Morgan fingerprint density at radius 1 is 1.26 bits per heavy atom. The molecule has 27 heavy (non-hydrogen) atoms. The van der Waals surface area contributed by atoms with Gasteiger partial charge in [0.1, 0.15) is 11.6 Å². The van der Waals surface area contributed by atoms with E-state index in [4.69, 9.17) is 5.73 Å². The lowest BCUT2D eigenvalue weighted by molar-refractivity contribution is 0.1000. The molecule has 4 rings (SSSR count). The summed E-state index contributed by atoms with van der Waals surface area (Å²) in [6.45, 7) is 2.46. The number of hydrazine groups is 1. The highest BCUT2D eigenvalue weighted by Crippen LogP contribution is 2.33. The minimum atomic E-state index is -0.454. The summed E-state index contributed by atoms with van der Waals surface area (Å²) in [4.78, 5) is 18.4. The maximum Gasteiger partial charge on any atom is 0.252 e. The maximum absolute atomic E-state index is 13.3. The molecule has 1 aromatic heterocycles. The third-order valence-electron chi connectivity index (χ3n) is 5.64. The van der Waals surface area contributed by atoms with Crippen LogP contribution >= 0.6 is 0 Å². The summed E-state index contributed by atoms with van der Waals surface area (Å²) >= 11 is 0. The van der Waals surface area contributed by atoms with Gasteiger partial charge < -0.3 is 10.6 Å². The minimum Gasteiger partial charge on any atom is -0.365 e. The minimum absolute atomic E-state index is 0.216. The number of piperidine rings is 1. The Morgan fingerprint density at radius 3 is 2.85 bits per heavy atom. The molecule has 2 aliphatic rings. The number of primary amides is 1. The number of benzene rings is 1. The lowest BCUT2D eigenvalue weighted by Gasteiger charge is -2.38. The molecule has 3 atom stereocenters. The van der Waals surface area contributed by atoms with E-state index < -0.39 is 5.91 Å². The second-order valence-electron chi connectivity index (χ2n) is 7.30. The van der Waals surface area contributed by atoms with Crippen molar-refractivity contribution in [2.24, 2.45) is 11.7 Å². The Labute approximate surface area is 157 Å². The van der Waals surface area contributed by atoms with Crippen molar-refractivity contribution in [2.45, 2.75) is 24.8 Å². The number of anilines is 1. The Morgan fingerprint density at radius 2 is 2.07 bits per heavy atom. The smallest absolute Gasteiger partial charge is 0.252 e. The van der Waals surface area contributed by atoms with Gasteiger partial charge in [0.05, 0.1) is 5.56 Å². The van der Waals surface area contributed by atoms with Crippen molar-refractivity contribution in [2.75, 3.05) is 24.5 Å². The van der Waals surface area contributed by atoms with Crippen LogP contribution in [0.4, 0.5) is 10.2 Å². The van der Waals surface area contributed by atoms with E-state index in [1.54, 1.807) is 18.3 Å². The molecule has 0 bridgehead atoms. The first kappa shape index (κ1) is 17.9. The zero-order valence-electron chi connectivity index (χ0n) is 15.1. The summed E-state index contributed by atoms with van der Waals surface area (Å²) in [5.74, 6) is 0.651. The Kier molecular flexibility index (Phi) is 5.05. The van der Waals surface area contributed by atoms with E-state index in [2.05, 4.69) is 20.7 Å². The van der Waals surface area contributed by atoms with E-state index in [1.165, 1.54) is 12.1 Å². The lowest BCUT2D eigenvalue weighted by Crippen LogP contribution is -2.47. The second kappa shape index (κ2) is 7.62. The van der Waals surface area contributed by atoms with Gasteiger partial charge in [0.15, 0.2) is 0 Å². The van der Waals surface area contributed by atoms with E-state index in [-0.39, 0.29) is 17.8 Å². The molecule has 0 saturated carbocycles. The molecule has 3 heterocycles. The standard InChI is InChI=1S/C20H24FN5O/c21-15-7-5-13(6-8-15)17-11-24-25-18(17)14-3-2-10-26(12-14)20-16(19(22)27)4-1-9-23-20/h1,4-9,14,17-18,24-25H,2-3,10-12H2,(H2,22,27). The van der Waals surface area contributed by atoms with Gasteiger partial charge in [-0.1, -0.05) is 12.1 Å². The molecule has 4 N–H and O–H groups in total. The number of carbonyl (C=O) groups is 1. The zero-order valence-corrected chi connectivity index (χ0v) is 15.1. The summed E-state index contributed by atoms with van der Waals surface area (Å²) in [6.07, 6.45) is 3.81.